The smallest absolute Gasteiger partial charge is 0.333 e. The van der Waals surface area contributed by atoms with Crippen LogP contribution in [0, 0.1) is 10.8 Å². The summed E-state index contributed by atoms with van der Waals surface area (Å²) in [4.78, 5) is 39.1. The first kappa shape index (κ1) is 21.6. The number of esters is 1. The van der Waals surface area contributed by atoms with Gasteiger partial charge in [-0.15, -0.1) is 0 Å². The molecule has 2 amide bonds. The molecule has 0 aliphatic heterocycles. The van der Waals surface area contributed by atoms with E-state index in [0.717, 1.165) is 12.8 Å². The van der Waals surface area contributed by atoms with Crippen LogP contribution in [-0.2, 0) is 14.3 Å². The van der Waals surface area contributed by atoms with E-state index >= 15 is 0 Å². The predicted molar refractivity (Wildman–Crippen MR) is 105 cm³/mol. The van der Waals surface area contributed by atoms with E-state index in [-0.39, 0.29) is 16.9 Å². The van der Waals surface area contributed by atoms with Crippen molar-refractivity contribution in [3.63, 3.8) is 0 Å². The maximum Gasteiger partial charge on any atom is 0.333 e. The molecule has 2 rings (SSSR count). The van der Waals surface area contributed by atoms with Crippen molar-refractivity contribution in [3.05, 3.63) is 35.9 Å². The summed E-state index contributed by atoms with van der Waals surface area (Å²) in [6.45, 7) is 6.74. The fourth-order valence-corrected chi connectivity index (χ4v) is 4.48. The number of isocyanates is 1. The number of nitrogens with one attached hydrogen (secondary N) is 2. The van der Waals surface area contributed by atoms with Gasteiger partial charge in [0.25, 0.3) is 0 Å². The number of amides is 2. The fraction of sp³-hybridized carbons (Fsp3) is 0.571. The molecule has 0 saturated heterocycles. The number of urea groups is 1. The Hall–Kier alpha value is -2.66. The van der Waals surface area contributed by atoms with Gasteiger partial charge in [-0.25, -0.2) is 19.4 Å². The minimum atomic E-state index is -0.881. The number of ether oxygens (including phenoxy) is 1. The van der Waals surface area contributed by atoms with Crippen molar-refractivity contribution >= 4 is 18.1 Å². The Morgan fingerprint density at radius 2 is 1.93 bits per heavy atom. The van der Waals surface area contributed by atoms with Crippen LogP contribution in [0.5, 0.6) is 0 Å². The summed E-state index contributed by atoms with van der Waals surface area (Å²) >= 11 is 0. The summed E-state index contributed by atoms with van der Waals surface area (Å²) in [5, 5.41) is 5.71. The van der Waals surface area contributed by atoms with E-state index in [1.165, 1.54) is 7.11 Å². The molecule has 7 nitrogen and oxygen atoms in total. The second-order valence-corrected chi connectivity index (χ2v) is 8.65. The Balaban J connectivity index is 2.09. The van der Waals surface area contributed by atoms with Gasteiger partial charge in [0.05, 0.1) is 13.7 Å². The lowest BCUT2D eigenvalue weighted by atomic mass is 9.62. The lowest BCUT2D eigenvalue weighted by Crippen LogP contribution is -2.51. The highest BCUT2D eigenvalue weighted by Crippen LogP contribution is 2.46. The first-order chi connectivity index (χ1) is 13.2. The van der Waals surface area contributed by atoms with Gasteiger partial charge in [0.1, 0.15) is 0 Å². The van der Waals surface area contributed by atoms with Crippen molar-refractivity contribution in [2.45, 2.75) is 52.1 Å². The fourth-order valence-electron chi connectivity index (χ4n) is 4.48. The number of nitrogens with zero attached hydrogens (tertiary/aromatic N) is 1. The highest BCUT2D eigenvalue weighted by Gasteiger charge is 2.42. The third-order valence-corrected chi connectivity index (χ3v) is 5.15. The maximum atomic E-state index is 12.6. The summed E-state index contributed by atoms with van der Waals surface area (Å²) in [6, 6.07) is 7.56. The van der Waals surface area contributed by atoms with Crippen LogP contribution in [-0.4, -0.2) is 37.8 Å². The number of rotatable bonds is 6. The Morgan fingerprint density at radius 1 is 1.25 bits per heavy atom. The van der Waals surface area contributed by atoms with Crippen LogP contribution in [0.3, 0.4) is 0 Å². The molecule has 0 bridgehead atoms. The summed E-state index contributed by atoms with van der Waals surface area (Å²) in [5.74, 6) is -0.532. The van der Waals surface area contributed by atoms with Gasteiger partial charge in [-0.2, -0.15) is 0 Å². The summed E-state index contributed by atoms with van der Waals surface area (Å²) in [5.41, 5.74) is 0.446. The van der Waals surface area contributed by atoms with Crippen LogP contribution in [0.1, 0.15) is 51.6 Å². The van der Waals surface area contributed by atoms with Crippen LogP contribution >= 0.6 is 0 Å². The normalized spacial score (nSPS) is 24.4. The lowest BCUT2D eigenvalue weighted by molar-refractivity contribution is -0.143. The third kappa shape index (κ3) is 5.92. The quantitative estimate of drug-likeness (QED) is 0.445. The molecule has 1 saturated carbocycles. The van der Waals surface area contributed by atoms with Crippen molar-refractivity contribution < 1.29 is 19.1 Å². The van der Waals surface area contributed by atoms with Crippen molar-refractivity contribution in [3.8, 4) is 0 Å². The summed E-state index contributed by atoms with van der Waals surface area (Å²) < 4.78 is 4.84. The van der Waals surface area contributed by atoms with Gasteiger partial charge in [-0.05, 0) is 35.7 Å². The highest BCUT2D eigenvalue weighted by atomic mass is 16.5. The standard InChI is InChI=1S/C21H29N3O4/c1-20(2)10-16(11-21(3,12-20)13-22-14-25)23-19(27)24-17(18(26)28-4)15-8-6-5-7-9-15/h5-9,16-17H,10-13H2,1-4H3,(H2,23,24,27). The number of hydrogen-bond acceptors (Lipinski definition) is 5. The Bertz CT molecular complexity index is 743. The molecule has 0 radical (unpaired) electrons. The van der Waals surface area contributed by atoms with E-state index in [2.05, 4.69) is 36.4 Å². The van der Waals surface area contributed by atoms with E-state index < -0.39 is 18.0 Å². The van der Waals surface area contributed by atoms with Crippen LogP contribution in [0.25, 0.3) is 0 Å². The second-order valence-electron chi connectivity index (χ2n) is 8.65. The molecule has 3 unspecified atom stereocenters. The van der Waals surface area contributed by atoms with Crippen molar-refractivity contribution in [1.82, 2.24) is 10.6 Å². The molecule has 0 heterocycles. The molecule has 7 heteroatoms. The first-order valence-electron chi connectivity index (χ1n) is 9.41. The zero-order valence-electron chi connectivity index (χ0n) is 17.0. The predicted octanol–water partition coefficient (Wildman–Crippen LogP) is 3.12. The van der Waals surface area contributed by atoms with Gasteiger partial charge in [0, 0.05) is 6.04 Å². The number of aliphatic imine (C=N–C) groups is 1. The molecule has 28 heavy (non-hydrogen) atoms. The average molecular weight is 387 g/mol. The number of benzene rings is 1. The molecule has 2 N–H and O–H groups in total. The summed E-state index contributed by atoms with van der Waals surface area (Å²) in [6.07, 6.45) is 4.01. The second kappa shape index (κ2) is 9.02. The van der Waals surface area contributed by atoms with E-state index in [1.807, 2.05) is 6.07 Å². The highest BCUT2D eigenvalue weighted by molar-refractivity contribution is 5.84. The van der Waals surface area contributed by atoms with Crippen molar-refractivity contribution in [2.24, 2.45) is 15.8 Å². The lowest BCUT2D eigenvalue weighted by Gasteiger charge is -2.46. The van der Waals surface area contributed by atoms with E-state index in [4.69, 9.17) is 4.74 Å². The van der Waals surface area contributed by atoms with Gasteiger partial charge >= 0.3 is 12.0 Å². The van der Waals surface area contributed by atoms with E-state index in [0.29, 0.717) is 18.5 Å². The van der Waals surface area contributed by atoms with E-state index in [9.17, 15) is 14.4 Å². The minimum Gasteiger partial charge on any atom is -0.467 e. The largest absolute Gasteiger partial charge is 0.467 e. The average Bonchev–Trinajstić information content (AvgIpc) is 2.63. The van der Waals surface area contributed by atoms with Gasteiger partial charge in [-0.3, -0.25) is 0 Å². The molecule has 152 valence electrons. The van der Waals surface area contributed by atoms with Crippen molar-refractivity contribution in [2.75, 3.05) is 13.7 Å². The van der Waals surface area contributed by atoms with Crippen molar-refractivity contribution in [1.29, 1.82) is 0 Å². The van der Waals surface area contributed by atoms with Crippen LogP contribution in [0.2, 0.25) is 0 Å². The minimum absolute atomic E-state index is 0.00939. The SMILES string of the molecule is COC(=O)C(NC(=O)NC1CC(C)(C)CC(C)(CN=C=O)C1)c1ccccc1. The number of carbonyl (C=O) groups is 2. The van der Waals surface area contributed by atoms with Gasteiger partial charge in [-0.1, -0.05) is 51.1 Å². The Labute approximate surface area is 165 Å². The number of hydrogen-bond donors (Lipinski definition) is 2. The zero-order valence-corrected chi connectivity index (χ0v) is 17.0. The topological polar surface area (TPSA) is 96.9 Å². The summed E-state index contributed by atoms with van der Waals surface area (Å²) in [7, 11) is 1.29. The van der Waals surface area contributed by atoms with Crippen LogP contribution < -0.4 is 10.6 Å². The monoisotopic (exact) mass is 387 g/mol. The zero-order chi connectivity index (χ0) is 20.8. The molecule has 1 fully saturated rings. The molecule has 1 aromatic carbocycles. The number of methoxy groups -OCH3 is 1. The molecule has 0 spiro atoms. The third-order valence-electron chi connectivity index (χ3n) is 5.15. The van der Waals surface area contributed by atoms with E-state index in [1.54, 1.807) is 30.3 Å². The van der Waals surface area contributed by atoms with Crippen LogP contribution in [0.15, 0.2) is 35.3 Å². The van der Waals surface area contributed by atoms with Gasteiger partial charge < -0.3 is 15.4 Å². The molecule has 0 aromatic heterocycles. The molecule has 1 aliphatic rings. The Kier molecular flexibility index (Phi) is 6.97. The van der Waals surface area contributed by atoms with Gasteiger partial charge in [0.2, 0.25) is 6.08 Å². The first-order valence-corrected chi connectivity index (χ1v) is 9.41. The van der Waals surface area contributed by atoms with Crippen LogP contribution in [0.4, 0.5) is 4.79 Å². The Morgan fingerprint density at radius 3 is 2.54 bits per heavy atom. The molecule has 1 aromatic rings. The molecule has 1 aliphatic carbocycles. The number of carbonyl (C=O) groups excluding carboxylic acids is 3. The van der Waals surface area contributed by atoms with Gasteiger partial charge in [0.15, 0.2) is 6.04 Å². The maximum absolute atomic E-state index is 12.6. The molecular weight excluding hydrogens is 358 g/mol. The molecule has 3 atom stereocenters. The molecular formula is C21H29N3O4.